The Morgan fingerprint density at radius 1 is 0.857 bits per heavy atom. The maximum Gasteiger partial charge on any atom is 0.148 e. The van der Waals surface area contributed by atoms with Gasteiger partial charge in [0.2, 0.25) is 0 Å². The standard InChI is InChI=1S/C23H24N5/c1-28(2,3)14-13-27(18-19-7-5-4-6-8-19)22-11-9-20(10-12-22)23(17-26)21(15-24)16-25/h4-12H,13-14,18H2,1-3H3/q+1. The van der Waals surface area contributed by atoms with Crippen LogP contribution in [0.1, 0.15) is 11.1 Å². The van der Waals surface area contributed by atoms with E-state index < -0.39 is 0 Å². The number of likely N-dealkylation sites (N-methyl/N-ethyl adjacent to an activating group) is 1. The van der Waals surface area contributed by atoms with Gasteiger partial charge < -0.3 is 9.38 Å². The fraction of sp³-hybridized carbons (Fsp3) is 0.261. The molecule has 2 aromatic rings. The van der Waals surface area contributed by atoms with Gasteiger partial charge in [0.25, 0.3) is 0 Å². The third-order valence-electron chi connectivity index (χ3n) is 4.36. The predicted octanol–water partition coefficient (Wildman–Crippen LogP) is 3.72. The van der Waals surface area contributed by atoms with Crippen LogP contribution in [0.4, 0.5) is 5.69 Å². The summed E-state index contributed by atoms with van der Waals surface area (Å²) in [6.45, 7) is 2.63. The van der Waals surface area contributed by atoms with Crippen molar-refractivity contribution >= 4 is 11.3 Å². The third kappa shape index (κ3) is 5.71. The van der Waals surface area contributed by atoms with E-state index in [-0.39, 0.29) is 11.1 Å². The van der Waals surface area contributed by atoms with E-state index in [1.807, 2.05) is 36.4 Å². The van der Waals surface area contributed by atoms with Crippen molar-refractivity contribution in [1.29, 1.82) is 15.8 Å². The smallest absolute Gasteiger partial charge is 0.148 e. The highest BCUT2D eigenvalue weighted by Gasteiger charge is 2.15. The van der Waals surface area contributed by atoms with Crippen LogP contribution < -0.4 is 4.90 Å². The summed E-state index contributed by atoms with van der Waals surface area (Å²) in [5.74, 6) is 0. The number of rotatable bonds is 7. The molecule has 0 aliphatic heterocycles. The number of nitriles is 3. The molecule has 0 fully saturated rings. The zero-order valence-corrected chi connectivity index (χ0v) is 16.6. The van der Waals surface area contributed by atoms with Crippen LogP contribution in [0.25, 0.3) is 5.57 Å². The molecule has 0 N–H and O–H groups in total. The SMILES string of the molecule is C[N+](C)(C)CCN(Cc1ccccc1)c1ccc(C(C#N)=C(C#N)C#N)cc1. The number of quaternary nitrogens is 1. The highest BCUT2D eigenvalue weighted by molar-refractivity contribution is 5.84. The van der Waals surface area contributed by atoms with Crippen LogP contribution in [0.3, 0.4) is 0 Å². The largest absolute Gasteiger partial charge is 0.362 e. The average Bonchev–Trinajstić information content (AvgIpc) is 2.69. The van der Waals surface area contributed by atoms with Gasteiger partial charge in [0.15, 0.2) is 0 Å². The molecule has 0 unspecified atom stereocenters. The number of anilines is 1. The van der Waals surface area contributed by atoms with Crippen molar-refractivity contribution in [2.45, 2.75) is 6.54 Å². The van der Waals surface area contributed by atoms with Gasteiger partial charge in [-0.25, -0.2) is 0 Å². The molecule has 0 aliphatic rings. The second-order valence-corrected chi connectivity index (χ2v) is 7.55. The van der Waals surface area contributed by atoms with Gasteiger partial charge in [-0.2, -0.15) is 15.8 Å². The molecule has 0 heterocycles. The zero-order chi connectivity index (χ0) is 20.6. The lowest BCUT2D eigenvalue weighted by Crippen LogP contribution is -2.42. The Kier molecular flexibility index (Phi) is 6.94. The monoisotopic (exact) mass is 370 g/mol. The van der Waals surface area contributed by atoms with Crippen LogP contribution in [-0.2, 0) is 6.54 Å². The van der Waals surface area contributed by atoms with Gasteiger partial charge in [-0.3, -0.25) is 0 Å². The average molecular weight is 370 g/mol. The fourth-order valence-corrected chi connectivity index (χ4v) is 2.76. The van der Waals surface area contributed by atoms with Crippen molar-refractivity contribution in [3.8, 4) is 18.2 Å². The molecule has 2 aromatic carbocycles. The summed E-state index contributed by atoms with van der Waals surface area (Å²) in [4.78, 5) is 2.30. The Morgan fingerprint density at radius 3 is 1.96 bits per heavy atom. The lowest BCUT2D eigenvalue weighted by molar-refractivity contribution is -0.868. The summed E-state index contributed by atoms with van der Waals surface area (Å²) in [7, 11) is 6.50. The molecule has 2 rings (SSSR count). The maximum absolute atomic E-state index is 9.34. The van der Waals surface area contributed by atoms with E-state index in [2.05, 4.69) is 38.2 Å². The Bertz CT molecular complexity index is 930. The summed E-state index contributed by atoms with van der Waals surface area (Å²) in [5, 5.41) is 27.4. The van der Waals surface area contributed by atoms with E-state index in [1.165, 1.54) is 5.56 Å². The number of allylic oxidation sites excluding steroid dienone is 2. The molecule has 0 bridgehead atoms. The van der Waals surface area contributed by atoms with Crippen LogP contribution in [0.15, 0.2) is 60.2 Å². The van der Waals surface area contributed by atoms with Crippen molar-refractivity contribution in [3.63, 3.8) is 0 Å². The molecular weight excluding hydrogens is 346 g/mol. The minimum absolute atomic E-state index is 0.109. The number of benzene rings is 2. The quantitative estimate of drug-likeness (QED) is 0.550. The van der Waals surface area contributed by atoms with Crippen molar-refractivity contribution in [2.24, 2.45) is 0 Å². The summed E-state index contributed by atoms with van der Waals surface area (Å²) < 4.78 is 0.860. The van der Waals surface area contributed by atoms with Gasteiger partial charge in [0.1, 0.15) is 23.8 Å². The number of hydrogen-bond donors (Lipinski definition) is 0. The lowest BCUT2D eigenvalue weighted by Gasteiger charge is -2.30. The van der Waals surface area contributed by atoms with Crippen molar-refractivity contribution in [2.75, 3.05) is 39.1 Å². The normalized spacial score (nSPS) is 10.3. The maximum atomic E-state index is 9.34. The Balaban J connectivity index is 2.33. The van der Waals surface area contributed by atoms with E-state index in [0.29, 0.717) is 5.56 Å². The van der Waals surface area contributed by atoms with Gasteiger partial charge in [-0.1, -0.05) is 42.5 Å². The molecule has 0 saturated carbocycles. The molecule has 140 valence electrons. The van der Waals surface area contributed by atoms with Crippen molar-refractivity contribution in [1.82, 2.24) is 0 Å². The summed E-state index contributed by atoms with van der Waals surface area (Å²) in [6, 6.07) is 23.3. The number of nitrogens with zero attached hydrogens (tertiary/aromatic N) is 5. The molecule has 5 heteroatoms. The zero-order valence-electron chi connectivity index (χ0n) is 16.6. The summed E-state index contributed by atoms with van der Waals surface area (Å²) >= 11 is 0. The van der Waals surface area contributed by atoms with Gasteiger partial charge in [-0.15, -0.1) is 0 Å². The summed E-state index contributed by atoms with van der Waals surface area (Å²) in [5.41, 5.74) is 2.78. The first kappa shape index (κ1) is 20.7. The fourth-order valence-electron chi connectivity index (χ4n) is 2.76. The minimum atomic E-state index is -0.165. The van der Waals surface area contributed by atoms with E-state index in [0.717, 1.165) is 29.8 Å². The van der Waals surface area contributed by atoms with E-state index in [4.69, 9.17) is 10.5 Å². The Morgan fingerprint density at radius 2 is 1.46 bits per heavy atom. The lowest BCUT2D eigenvalue weighted by atomic mass is 10.0. The number of hydrogen-bond acceptors (Lipinski definition) is 4. The van der Waals surface area contributed by atoms with E-state index >= 15 is 0 Å². The molecule has 0 amide bonds. The molecule has 0 radical (unpaired) electrons. The Labute approximate surface area is 167 Å². The third-order valence-corrected chi connectivity index (χ3v) is 4.36. The molecule has 0 spiro atoms. The first-order valence-corrected chi connectivity index (χ1v) is 9.02. The first-order valence-electron chi connectivity index (χ1n) is 9.02. The summed E-state index contributed by atoms with van der Waals surface area (Å²) in [6.07, 6.45) is 0. The van der Waals surface area contributed by atoms with Crippen LogP contribution in [0.2, 0.25) is 0 Å². The van der Waals surface area contributed by atoms with Gasteiger partial charge in [-0.05, 0) is 23.3 Å². The molecule has 0 saturated heterocycles. The van der Waals surface area contributed by atoms with Crippen molar-refractivity contribution < 1.29 is 4.48 Å². The van der Waals surface area contributed by atoms with Gasteiger partial charge in [0, 0.05) is 12.2 Å². The van der Waals surface area contributed by atoms with Crippen LogP contribution in [0.5, 0.6) is 0 Å². The molecule has 0 aromatic heterocycles. The van der Waals surface area contributed by atoms with Crippen LogP contribution in [0, 0.1) is 34.0 Å². The van der Waals surface area contributed by atoms with Gasteiger partial charge in [0.05, 0.1) is 39.8 Å². The van der Waals surface area contributed by atoms with Crippen LogP contribution in [-0.4, -0.2) is 38.7 Å². The predicted molar refractivity (Wildman–Crippen MR) is 111 cm³/mol. The minimum Gasteiger partial charge on any atom is -0.362 e. The Hall–Kier alpha value is -3.59. The van der Waals surface area contributed by atoms with E-state index in [1.54, 1.807) is 24.3 Å². The first-order chi connectivity index (χ1) is 13.4. The molecule has 28 heavy (non-hydrogen) atoms. The highest BCUT2D eigenvalue weighted by Crippen LogP contribution is 2.23. The second kappa shape index (κ2) is 9.38. The van der Waals surface area contributed by atoms with Crippen molar-refractivity contribution in [3.05, 3.63) is 71.3 Å². The topological polar surface area (TPSA) is 74.6 Å². The molecule has 5 nitrogen and oxygen atoms in total. The molecule has 0 aliphatic carbocycles. The molecule has 0 atom stereocenters. The van der Waals surface area contributed by atoms with Crippen LogP contribution >= 0.6 is 0 Å². The molecular formula is C23H24N5+. The van der Waals surface area contributed by atoms with E-state index in [9.17, 15) is 5.26 Å². The second-order valence-electron chi connectivity index (χ2n) is 7.55. The van der Waals surface area contributed by atoms with Gasteiger partial charge >= 0.3 is 0 Å². The highest BCUT2D eigenvalue weighted by atomic mass is 15.3.